The van der Waals surface area contributed by atoms with Crippen LogP contribution in [0, 0.1) is 0 Å². The van der Waals surface area contributed by atoms with E-state index in [0.29, 0.717) is 28.2 Å². The van der Waals surface area contributed by atoms with E-state index in [2.05, 4.69) is 0 Å². The van der Waals surface area contributed by atoms with Crippen LogP contribution in [-0.4, -0.2) is 46.7 Å². The normalized spacial score (nSPS) is 11.6. The zero-order valence-corrected chi connectivity index (χ0v) is 16.4. The molecule has 0 fully saturated rings. The molecule has 0 aliphatic rings. The van der Waals surface area contributed by atoms with Crippen molar-refractivity contribution in [2.24, 2.45) is 0 Å². The third-order valence-corrected chi connectivity index (χ3v) is 3.99. The van der Waals surface area contributed by atoms with Crippen molar-refractivity contribution in [3.8, 4) is 11.5 Å². The fourth-order valence-electron chi connectivity index (χ4n) is 2.70. The fraction of sp³-hybridized carbons (Fsp3) is 0.333. The summed E-state index contributed by atoms with van der Waals surface area (Å²) in [7, 11) is 4.34. The molecule has 2 aromatic rings. The number of hydrogen-bond donors (Lipinski definition) is 0. The second kappa shape index (κ2) is 10.4. The number of carbonyl (C=O) groups excluding carboxylic acids is 2. The topological polar surface area (TPSA) is 80.3 Å². The standard InChI is InChI=1S/C21H24O7/c1-14(22)15-6-5-7-16(8-15)20(21(23)26-4)17-9-18(27-12-24-2)11-19(10-17)28-13-25-3/h5-11,20H,12-13H2,1-4H3. The van der Waals surface area contributed by atoms with Gasteiger partial charge in [-0.1, -0.05) is 18.2 Å². The number of hydrogen-bond acceptors (Lipinski definition) is 7. The predicted octanol–water partition coefficient (Wildman–Crippen LogP) is 3.16. The molecule has 0 N–H and O–H groups in total. The van der Waals surface area contributed by atoms with Crippen LogP contribution >= 0.6 is 0 Å². The summed E-state index contributed by atoms with van der Waals surface area (Å²) in [5, 5.41) is 0. The summed E-state index contributed by atoms with van der Waals surface area (Å²) in [5.74, 6) is -0.404. The summed E-state index contributed by atoms with van der Waals surface area (Å²) >= 11 is 0. The van der Waals surface area contributed by atoms with Gasteiger partial charge in [0.15, 0.2) is 19.4 Å². The molecule has 7 nitrogen and oxygen atoms in total. The number of Topliss-reactive ketones (excluding diaryl/α,β-unsaturated/α-hetero) is 1. The Morgan fingerprint density at radius 3 is 1.96 bits per heavy atom. The number of ketones is 1. The van der Waals surface area contributed by atoms with E-state index >= 15 is 0 Å². The Kier molecular flexibility index (Phi) is 7.98. The van der Waals surface area contributed by atoms with Crippen LogP contribution in [0.1, 0.15) is 34.3 Å². The molecule has 150 valence electrons. The third-order valence-electron chi connectivity index (χ3n) is 3.99. The van der Waals surface area contributed by atoms with E-state index < -0.39 is 11.9 Å². The quantitative estimate of drug-likeness (QED) is 0.351. The van der Waals surface area contributed by atoms with Crippen LogP contribution in [0.3, 0.4) is 0 Å². The smallest absolute Gasteiger partial charge is 0.317 e. The van der Waals surface area contributed by atoms with Gasteiger partial charge in [0.2, 0.25) is 0 Å². The van der Waals surface area contributed by atoms with Crippen LogP contribution in [-0.2, 0) is 19.0 Å². The van der Waals surface area contributed by atoms with Gasteiger partial charge in [-0.2, -0.15) is 0 Å². The summed E-state index contributed by atoms with van der Waals surface area (Å²) in [6.45, 7) is 1.55. The van der Waals surface area contributed by atoms with E-state index in [4.69, 9.17) is 23.7 Å². The molecule has 1 unspecified atom stereocenters. The highest BCUT2D eigenvalue weighted by Crippen LogP contribution is 2.33. The highest BCUT2D eigenvalue weighted by Gasteiger charge is 2.26. The summed E-state index contributed by atoms with van der Waals surface area (Å²) in [5.41, 5.74) is 1.72. The van der Waals surface area contributed by atoms with Crippen molar-refractivity contribution in [1.29, 1.82) is 0 Å². The Morgan fingerprint density at radius 1 is 0.857 bits per heavy atom. The molecule has 28 heavy (non-hydrogen) atoms. The summed E-state index contributed by atoms with van der Waals surface area (Å²) in [4.78, 5) is 24.4. The molecule has 0 saturated heterocycles. The van der Waals surface area contributed by atoms with Crippen LogP contribution in [0.5, 0.6) is 11.5 Å². The maximum Gasteiger partial charge on any atom is 0.317 e. The fourth-order valence-corrected chi connectivity index (χ4v) is 2.70. The Balaban J connectivity index is 2.53. The summed E-state index contributed by atoms with van der Waals surface area (Å²) in [6.07, 6.45) is 0. The average molecular weight is 388 g/mol. The molecule has 7 heteroatoms. The lowest BCUT2D eigenvalue weighted by atomic mass is 9.89. The lowest BCUT2D eigenvalue weighted by Gasteiger charge is -2.19. The van der Waals surface area contributed by atoms with E-state index in [1.54, 1.807) is 42.5 Å². The molecule has 2 aromatic carbocycles. The molecule has 0 spiro atoms. The van der Waals surface area contributed by atoms with E-state index in [1.165, 1.54) is 28.3 Å². The molecular weight excluding hydrogens is 364 g/mol. The van der Waals surface area contributed by atoms with Gasteiger partial charge in [-0.25, -0.2) is 0 Å². The zero-order chi connectivity index (χ0) is 20.5. The highest BCUT2D eigenvalue weighted by molar-refractivity contribution is 5.94. The first-order valence-corrected chi connectivity index (χ1v) is 8.57. The van der Waals surface area contributed by atoms with E-state index in [9.17, 15) is 9.59 Å². The molecule has 0 bridgehead atoms. The first kappa shape index (κ1) is 21.4. The van der Waals surface area contributed by atoms with Crippen LogP contribution in [0.15, 0.2) is 42.5 Å². The first-order chi connectivity index (χ1) is 13.5. The number of rotatable bonds is 10. The van der Waals surface area contributed by atoms with Gasteiger partial charge in [0.05, 0.1) is 7.11 Å². The van der Waals surface area contributed by atoms with Crippen molar-refractivity contribution in [2.75, 3.05) is 34.9 Å². The number of methoxy groups -OCH3 is 3. The second-order valence-corrected chi connectivity index (χ2v) is 5.98. The van der Waals surface area contributed by atoms with E-state index in [0.717, 1.165) is 0 Å². The van der Waals surface area contributed by atoms with Gasteiger partial charge in [0.25, 0.3) is 0 Å². The van der Waals surface area contributed by atoms with Gasteiger partial charge < -0.3 is 23.7 Å². The van der Waals surface area contributed by atoms with Crippen LogP contribution in [0.4, 0.5) is 0 Å². The zero-order valence-electron chi connectivity index (χ0n) is 16.4. The lowest BCUT2D eigenvalue weighted by molar-refractivity contribution is -0.141. The number of ether oxygens (including phenoxy) is 5. The second-order valence-electron chi connectivity index (χ2n) is 5.98. The van der Waals surface area contributed by atoms with Gasteiger partial charge in [0, 0.05) is 25.8 Å². The minimum Gasteiger partial charge on any atom is -0.468 e. The summed E-state index contributed by atoms with van der Waals surface area (Å²) in [6, 6.07) is 12.0. The monoisotopic (exact) mass is 388 g/mol. The third kappa shape index (κ3) is 5.55. The molecule has 0 heterocycles. The maximum absolute atomic E-state index is 12.6. The molecule has 0 saturated carbocycles. The summed E-state index contributed by atoms with van der Waals surface area (Å²) < 4.78 is 26.0. The molecule has 0 aromatic heterocycles. The minimum absolute atomic E-state index is 0.0376. The molecular formula is C21H24O7. The van der Waals surface area contributed by atoms with Gasteiger partial charge in [-0.05, 0) is 36.2 Å². The van der Waals surface area contributed by atoms with Crippen LogP contribution in [0.2, 0.25) is 0 Å². The van der Waals surface area contributed by atoms with Gasteiger partial charge in [0.1, 0.15) is 17.4 Å². The van der Waals surface area contributed by atoms with Crippen LogP contribution < -0.4 is 9.47 Å². The molecule has 2 rings (SSSR count). The highest BCUT2D eigenvalue weighted by atomic mass is 16.7. The van der Waals surface area contributed by atoms with E-state index in [1.807, 2.05) is 0 Å². The number of benzene rings is 2. The average Bonchev–Trinajstić information content (AvgIpc) is 2.70. The maximum atomic E-state index is 12.6. The minimum atomic E-state index is -0.764. The molecule has 1 atom stereocenters. The molecule has 0 aliphatic heterocycles. The van der Waals surface area contributed by atoms with Crippen molar-refractivity contribution in [3.63, 3.8) is 0 Å². The first-order valence-electron chi connectivity index (χ1n) is 8.57. The molecule has 0 amide bonds. The van der Waals surface area contributed by atoms with E-state index in [-0.39, 0.29) is 19.4 Å². The predicted molar refractivity (Wildman–Crippen MR) is 102 cm³/mol. The number of esters is 1. The van der Waals surface area contributed by atoms with Crippen molar-refractivity contribution >= 4 is 11.8 Å². The Labute approximate surface area is 164 Å². The van der Waals surface area contributed by atoms with Crippen molar-refractivity contribution < 1.29 is 33.3 Å². The molecule has 0 radical (unpaired) electrons. The van der Waals surface area contributed by atoms with Gasteiger partial charge in [-0.15, -0.1) is 0 Å². The van der Waals surface area contributed by atoms with Gasteiger partial charge >= 0.3 is 5.97 Å². The lowest BCUT2D eigenvalue weighted by Crippen LogP contribution is -2.16. The largest absolute Gasteiger partial charge is 0.468 e. The van der Waals surface area contributed by atoms with Gasteiger partial charge in [-0.3, -0.25) is 9.59 Å². The molecule has 0 aliphatic carbocycles. The Morgan fingerprint density at radius 2 is 1.46 bits per heavy atom. The van der Waals surface area contributed by atoms with Crippen molar-refractivity contribution in [1.82, 2.24) is 0 Å². The SMILES string of the molecule is COCOc1cc(OCOC)cc(C(C(=O)OC)c2cccc(C(C)=O)c2)c1. The van der Waals surface area contributed by atoms with Crippen molar-refractivity contribution in [3.05, 3.63) is 59.2 Å². The number of carbonyl (C=O) groups is 2. The Bertz CT molecular complexity index is 790. The Hall–Kier alpha value is -2.90. The van der Waals surface area contributed by atoms with Crippen LogP contribution in [0.25, 0.3) is 0 Å². The van der Waals surface area contributed by atoms with Crippen molar-refractivity contribution in [2.45, 2.75) is 12.8 Å².